The number of fused-ring (bicyclic) bond motifs is 3. The third kappa shape index (κ3) is 8.85. The molecular formula is C38H41Cl2N3O8. The predicted molar refractivity (Wildman–Crippen MR) is 191 cm³/mol. The number of anilines is 1. The van der Waals surface area contributed by atoms with Gasteiger partial charge in [-0.25, -0.2) is 14.6 Å². The van der Waals surface area contributed by atoms with Crippen LogP contribution in [0.4, 0.5) is 10.5 Å². The molecule has 270 valence electrons. The van der Waals surface area contributed by atoms with Crippen molar-refractivity contribution in [2.75, 3.05) is 38.8 Å². The van der Waals surface area contributed by atoms with Crippen LogP contribution in [0.15, 0.2) is 73.1 Å². The largest absolute Gasteiger partial charge is 0.870 e. The number of aromatic nitrogens is 1. The quantitative estimate of drug-likeness (QED) is 0.160. The van der Waals surface area contributed by atoms with Gasteiger partial charge in [0.15, 0.2) is 23.9 Å². The number of hydrogen-bond donors (Lipinski definition) is 1. The molecular weight excluding hydrogens is 697 g/mol. The maximum absolute atomic E-state index is 13.7. The number of hydrogen-bond acceptors (Lipinski definition) is 9. The van der Waals surface area contributed by atoms with E-state index in [9.17, 15) is 14.7 Å². The van der Waals surface area contributed by atoms with Crippen molar-refractivity contribution in [2.24, 2.45) is 5.92 Å². The van der Waals surface area contributed by atoms with E-state index in [0.29, 0.717) is 49.8 Å². The lowest BCUT2D eigenvalue weighted by molar-refractivity contribution is -0.377. The number of phenolic OH excluding ortho intramolecular Hbond substituents is 1. The van der Waals surface area contributed by atoms with Crippen molar-refractivity contribution in [1.29, 1.82) is 0 Å². The van der Waals surface area contributed by atoms with Gasteiger partial charge in [0.1, 0.15) is 28.0 Å². The minimum absolute atomic E-state index is 0. The molecule has 4 aromatic rings. The fourth-order valence-electron chi connectivity index (χ4n) is 6.66. The number of carbonyl (C=O) groups excluding carboxylic acids is 2. The van der Waals surface area contributed by atoms with Crippen LogP contribution in [-0.2, 0) is 22.4 Å². The highest BCUT2D eigenvalue weighted by atomic mass is 35.5. The lowest BCUT2D eigenvalue weighted by Crippen LogP contribution is -2.53. The van der Waals surface area contributed by atoms with E-state index in [0.717, 1.165) is 43.6 Å². The summed E-state index contributed by atoms with van der Waals surface area (Å²) in [7, 11) is 3.08. The van der Waals surface area contributed by atoms with Crippen molar-refractivity contribution in [3.8, 4) is 17.2 Å². The molecule has 3 aliphatic heterocycles. The summed E-state index contributed by atoms with van der Waals surface area (Å²) in [5.41, 5.74) is 3.66. The second-order valence-electron chi connectivity index (χ2n) is 12.7. The van der Waals surface area contributed by atoms with E-state index >= 15 is 0 Å². The molecule has 7 rings (SSSR count). The van der Waals surface area contributed by atoms with Gasteiger partial charge in [0, 0.05) is 24.6 Å². The van der Waals surface area contributed by atoms with Crippen LogP contribution in [0.5, 0.6) is 17.2 Å². The van der Waals surface area contributed by atoms with Crippen LogP contribution >= 0.6 is 23.2 Å². The van der Waals surface area contributed by atoms with Gasteiger partial charge in [0.25, 0.3) is 0 Å². The minimum Gasteiger partial charge on any atom is -0.870 e. The average Bonchev–Trinajstić information content (AvgIpc) is 3.11. The van der Waals surface area contributed by atoms with E-state index < -0.39 is 18.2 Å². The number of methoxy groups -OCH3 is 2. The highest BCUT2D eigenvalue weighted by Crippen LogP contribution is 2.36. The number of esters is 1. The molecule has 0 saturated carbocycles. The molecule has 13 heteroatoms. The minimum atomic E-state index is -0.773. The Hall–Kier alpha value is -4.55. The summed E-state index contributed by atoms with van der Waals surface area (Å²) in [5.74, 6) is 0.849. The molecule has 3 fully saturated rings. The first-order valence-electron chi connectivity index (χ1n) is 16.5. The summed E-state index contributed by atoms with van der Waals surface area (Å²) in [6.07, 6.45) is 4.02. The summed E-state index contributed by atoms with van der Waals surface area (Å²) < 4.78 is 23.1. The number of nitrogens with zero attached hydrogens (tertiary/aromatic N) is 2. The fraction of sp³-hybridized carbons (Fsp3) is 0.342. The molecule has 11 nitrogen and oxygen atoms in total. The van der Waals surface area contributed by atoms with Crippen LogP contribution in [0.2, 0.25) is 10.0 Å². The molecule has 2 bridgehead atoms. The second-order valence-corrected chi connectivity index (χ2v) is 13.5. The molecule has 4 heterocycles. The highest BCUT2D eigenvalue weighted by Gasteiger charge is 2.37. The van der Waals surface area contributed by atoms with Crippen molar-refractivity contribution >= 4 is 41.0 Å². The number of halogens is 2. The van der Waals surface area contributed by atoms with Gasteiger partial charge in [-0.1, -0.05) is 41.4 Å². The Balaban J connectivity index is 0.00000504. The number of aromatic hydroxyl groups is 1. The Morgan fingerprint density at radius 1 is 0.961 bits per heavy atom. The highest BCUT2D eigenvalue weighted by molar-refractivity contribution is 6.35. The molecule has 1 aromatic heterocycles. The SMILES string of the molecule is COc1ccc([C@H](Cc2c(Cl)c[nH+]cc2Cl)OC(=O)c2ccc(CN(C(=O)O[C@H]3CN4CCC3CC4)c3cc(C)cc(O)c3)cc2)cc1OC.[OH-]. The zero-order valence-corrected chi connectivity index (χ0v) is 30.1. The van der Waals surface area contributed by atoms with Crippen molar-refractivity contribution < 1.29 is 44.1 Å². The summed E-state index contributed by atoms with van der Waals surface area (Å²) in [6, 6.07) is 17.2. The smallest absolute Gasteiger partial charge is 0.414 e. The Labute approximate surface area is 306 Å². The summed E-state index contributed by atoms with van der Waals surface area (Å²) in [6.45, 7) is 4.81. The number of ether oxygens (including phenoxy) is 4. The summed E-state index contributed by atoms with van der Waals surface area (Å²) in [4.78, 5) is 34.1. The number of pyridine rings is 1. The Kier molecular flexibility index (Phi) is 12.3. The summed E-state index contributed by atoms with van der Waals surface area (Å²) in [5, 5.41) is 11.2. The number of aryl methyl sites for hydroxylation is 1. The maximum Gasteiger partial charge on any atom is 0.414 e. The molecule has 3 N–H and O–H groups in total. The van der Waals surface area contributed by atoms with Crippen LogP contribution in [0.25, 0.3) is 0 Å². The Morgan fingerprint density at radius 3 is 2.25 bits per heavy atom. The van der Waals surface area contributed by atoms with Gasteiger partial charge in [-0.05, 0) is 91.9 Å². The number of aromatic amines is 1. The zero-order valence-electron chi connectivity index (χ0n) is 28.6. The second kappa shape index (κ2) is 16.6. The fourth-order valence-corrected chi connectivity index (χ4v) is 7.19. The number of nitrogens with one attached hydrogen (secondary N) is 1. The normalized spacial score (nSPS) is 18.3. The first-order valence-corrected chi connectivity index (χ1v) is 17.2. The third-order valence-corrected chi connectivity index (χ3v) is 10.0. The predicted octanol–water partition coefficient (Wildman–Crippen LogP) is 7.04. The Bertz CT molecular complexity index is 1810. The molecule has 1 amide bonds. The first-order chi connectivity index (χ1) is 24.1. The number of H-pyrrole nitrogens is 1. The number of benzene rings is 3. The molecule has 3 aromatic carbocycles. The van der Waals surface area contributed by atoms with Crippen LogP contribution in [0, 0.1) is 12.8 Å². The van der Waals surface area contributed by atoms with Gasteiger partial charge in [-0.2, -0.15) is 0 Å². The average molecular weight is 739 g/mol. The van der Waals surface area contributed by atoms with Gasteiger partial charge in [-0.15, -0.1) is 0 Å². The maximum atomic E-state index is 13.7. The molecule has 0 radical (unpaired) electrons. The molecule has 51 heavy (non-hydrogen) atoms. The van der Waals surface area contributed by atoms with Crippen molar-refractivity contribution in [2.45, 2.75) is 44.9 Å². The van der Waals surface area contributed by atoms with Gasteiger partial charge in [0.2, 0.25) is 0 Å². The van der Waals surface area contributed by atoms with Gasteiger partial charge >= 0.3 is 12.1 Å². The standard InChI is InChI=1S/C38H39Cl2N3O7.H2O/c1-23-14-28(17-29(44)15-23)43(38(46)50-36-22-42-12-10-25(36)11-13-42)21-24-4-6-26(7-5-24)37(45)49-34(18-30-31(39)19-41-20-32(30)40)27-8-9-33(47-2)35(16-27)48-3;/h4-9,14-17,19-20,25,34,36,44H,10-13,18,21-22H2,1-3H3;1H2/t34-,36-;/m0./s1. The molecule has 2 atom stereocenters. The van der Waals surface area contributed by atoms with E-state index in [4.69, 9.17) is 42.1 Å². The number of rotatable bonds is 11. The lowest BCUT2D eigenvalue weighted by atomic mass is 9.86. The van der Waals surface area contributed by atoms with E-state index in [1.54, 1.807) is 74.1 Å². The lowest BCUT2D eigenvalue weighted by Gasteiger charge is -2.44. The first kappa shape index (κ1) is 37.7. The van der Waals surface area contributed by atoms with Crippen molar-refractivity contribution in [1.82, 2.24) is 4.90 Å². The van der Waals surface area contributed by atoms with E-state index in [-0.39, 0.29) is 30.3 Å². The summed E-state index contributed by atoms with van der Waals surface area (Å²) >= 11 is 13.0. The molecule has 0 unspecified atom stereocenters. The van der Waals surface area contributed by atoms with Crippen LogP contribution in [0.1, 0.15) is 51.6 Å². The van der Waals surface area contributed by atoms with Gasteiger partial charge in [-0.3, -0.25) is 9.80 Å². The third-order valence-electron chi connectivity index (χ3n) is 9.37. The van der Waals surface area contributed by atoms with Gasteiger partial charge in [0.05, 0.1) is 32.0 Å². The molecule has 3 aliphatic rings. The van der Waals surface area contributed by atoms with Crippen LogP contribution < -0.4 is 19.4 Å². The van der Waals surface area contributed by atoms with E-state index in [1.807, 2.05) is 13.0 Å². The number of carbonyl (C=O) groups is 2. The van der Waals surface area contributed by atoms with Crippen molar-refractivity contribution in [3.63, 3.8) is 0 Å². The number of piperidine rings is 3. The number of amides is 1. The van der Waals surface area contributed by atoms with Crippen molar-refractivity contribution in [3.05, 3.63) is 111 Å². The van der Waals surface area contributed by atoms with E-state index in [2.05, 4.69) is 9.88 Å². The van der Waals surface area contributed by atoms with Crippen LogP contribution in [-0.4, -0.2) is 67.5 Å². The van der Waals surface area contributed by atoms with E-state index in [1.165, 1.54) is 12.0 Å². The monoisotopic (exact) mass is 737 g/mol. The Morgan fingerprint density at radius 2 is 1.65 bits per heavy atom. The van der Waals surface area contributed by atoms with Crippen LogP contribution in [0.3, 0.4) is 0 Å². The van der Waals surface area contributed by atoms with Gasteiger partial charge < -0.3 is 29.5 Å². The molecule has 3 saturated heterocycles. The zero-order chi connectivity index (χ0) is 35.4. The topological polar surface area (TPSA) is 142 Å². The molecule has 0 aliphatic carbocycles. The molecule has 0 spiro atoms. The number of phenols is 1.